The number of thiocarbonyl (C=S) groups is 1. The molecule has 5 rings (SSSR count). The number of nitrogens with zero attached hydrogens (tertiary/aromatic N) is 4. The summed E-state index contributed by atoms with van der Waals surface area (Å²) in [7, 11) is 0. The lowest BCUT2D eigenvalue weighted by atomic mass is 10.1. The van der Waals surface area contributed by atoms with E-state index in [9.17, 15) is 0 Å². The predicted octanol–water partition coefficient (Wildman–Crippen LogP) is 5.36. The maximum atomic E-state index is 5.81. The van der Waals surface area contributed by atoms with E-state index < -0.39 is 0 Å². The molecule has 3 aromatic rings. The van der Waals surface area contributed by atoms with Gasteiger partial charge in [0.25, 0.3) is 0 Å². The Labute approximate surface area is 202 Å². The van der Waals surface area contributed by atoms with Crippen LogP contribution in [-0.2, 0) is 0 Å². The molecule has 1 N–H and O–H groups in total. The van der Waals surface area contributed by atoms with Gasteiger partial charge in [0.15, 0.2) is 5.11 Å². The monoisotopic (exact) mass is 459 g/mol. The van der Waals surface area contributed by atoms with E-state index in [0.29, 0.717) is 6.04 Å². The SMILES string of the molecule is Cc1cccc(N2CCN(C(=S)Nc3ccc4nc(N5CCCC5)cc(C)c4c3)CC2C)c1. The van der Waals surface area contributed by atoms with Gasteiger partial charge < -0.3 is 20.0 Å². The smallest absolute Gasteiger partial charge is 0.173 e. The van der Waals surface area contributed by atoms with Gasteiger partial charge in [-0.05, 0) is 93.4 Å². The van der Waals surface area contributed by atoms with E-state index in [4.69, 9.17) is 17.2 Å². The molecule has 0 spiro atoms. The Hall–Kier alpha value is -2.86. The van der Waals surface area contributed by atoms with Crippen molar-refractivity contribution in [3.8, 4) is 0 Å². The normalized spacial score (nSPS) is 18.8. The average molecular weight is 460 g/mol. The molecule has 6 heteroatoms. The first-order valence-corrected chi connectivity index (χ1v) is 12.4. The van der Waals surface area contributed by atoms with E-state index in [-0.39, 0.29) is 0 Å². The fourth-order valence-corrected chi connectivity index (χ4v) is 5.38. The number of hydrogen-bond donors (Lipinski definition) is 1. The van der Waals surface area contributed by atoms with Gasteiger partial charge in [-0.25, -0.2) is 4.98 Å². The fraction of sp³-hybridized carbons (Fsp3) is 0.407. The van der Waals surface area contributed by atoms with Crippen LogP contribution in [0.1, 0.15) is 30.9 Å². The number of hydrogen-bond acceptors (Lipinski definition) is 4. The molecule has 0 radical (unpaired) electrons. The fourth-order valence-electron chi connectivity index (χ4n) is 5.10. The Bertz CT molecular complexity index is 1170. The second-order valence-corrected chi connectivity index (χ2v) is 9.87. The Morgan fingerprint density at radius 2 is 1.82 bits per heavy atom. The van der Waals surface area contributed by atoms with Crippen molar-refractivity contribution in [3.63, 3.8) is 0 Å². The zero-order valence-corrected chi connectivity index (χ0v) is 20.7. The van der Waals surface area contributed by atoms with E-state index >= 15 is 0 Å². The largest absolute Gasteiger partial charge is 0.365 e. The zero-order chi connectivity index (χ0) is 22.9. The summed E-state index contributed by atoms with van der Waals surface area (Å²) in [6.07, 6.45) is 2.52. The van der Waals surface area contributed by atoms with E-state index in [0.717, 1.165) is 54.9 Å². The third kappa shape index (κ3) is 4.62. The first-order valence-electron chi connectivity index (χ1n) is 12.0. The van der Waals surface area contributed by atoms with E-state index in [1.165, 1.54) is 35.0 Å². The van der Waals surface area contributed by atoms with Crippen molar-refractivity contribution < 1.29 is 0 Å². The average Bonchev–Trinajstić information content (AvgIpc) is 3.34. The van der Waals surface area contributed by atoms with Crippen LogP contribution in [-0.4, -0.2) is 53.8 Å². The third-order valence-corrected chi connectivity index (χ3v) is 7.29. The number of pyridine rings is 1. The summed E-state index contributed by atoms with van der Waals surface area (Å²) < 4.78 is 0. The Kier molecular flexibility index (Phi) is 6.11. The molecule has 1 aromatic heterocycles. The maximum absolute atomic E-state index is 5.81. The van der Waals surface area contributed by atoms with Gasteiger partial charge in [0.2, 0.25) is 0 Å². The van der Waals surface area contributed by atoms with Crippen LogP contribution in [0, 0.1) is 13.8 Å². The molecule has 172 valence electrons. The van der Waals surface area contributed by atoms with Gasteiger partial charge in [-0.3, -0.25) is 0 Å². The molecule has 2 aliphatic rings. The number of aryl methyl sites for hydroxylation is 2. The summed E-state index contributed by atoms with van der Waals surface area (Å²) in [5.74, 6) is 1.11. The first kappa shape index (κ1) is 22.0. The molecule has 0 amide bonds. The lowest BCUT2D eigenvalue weighted by Crippen LogP contribution is -2.54. The van der Waals surface area contributed by atoms with Crippen molar-refractivity contribution in [2.24, 2.45) is 0 Å². The van der Waals surface area contributed by atoms with Crippen molar-refractivity contribution in [3.05, 3.63) is 59.7 Å². The van der Waals surface area contributed by atoms with Crippen LogP contribution >= 0.6 is 12.2 Å². The first-order chi connectivity index (χ1) is 16.0. The lowest BCUT2D eigenvalue weighted by molar-refractivity contribution is 0.342. The summed E-state index contributed by atoms with van der Waals surface area (Å²) >= 11 is 5.81. The topological polar surface area (TPSA) is 34.6 Å². The molecule has 33 heavy (non-hydrogen) atoms. The van der Waals surface area contributed by atoms with Crippen molar-refractivity contribution in [1.29, 1.82) is 0 Å². The number of nitrogens with one attached hydrogen (secondary N) is 1. The van der Waals surface area contributed by atoms with Gasteiger partial charge >= 0.3 is 0 Å². The number of piperazine rings is 1. The standard InChI is InChI=1S/C27H33N5S/c1-19-7-6-8-23(15-19)32-14-13-31(18-21(32)3)27(33)28-22-9-10-25-24(17-22)20(2)16-26(29-25)30-11-4-5-12-30/h6-10,15-17,21H,4-5,11-14,18H2,1-3H3,(H,28,33). The predicted molar refractivity (Wildman–Crippen MR) is 144 cm³/mol. The second-order valence-electron chi connectivity index (χ2n) is 9.48. The van der Waals surface area contributed by atoms with Gasteiger partial charge in [-0.1, -0.05) is 12.1 Å². The highest BCUT2D eigenvalue weighted by molar-refractivity contribution is 7.80. The molecule has 1 unspecified atom stereocenters. The van der Waals surface area contributed by atoms with Crippen molar-refractivity contribution >= 4 is 45.4 Å². The zero-order valence-electron chi connectivity index (χ0n) is 19.8. The summed E-state index contributed by atoms with van der Waals surface area (Å²) in [5, 5.41) is 5.47. The minimum Gasteiger partial charge on any atom is -0.365 e. The highest BCUT2D eigenvalue weighted by Gasteiger charge is 2.25. The van der Waals surface area contributed by atoms with Crippen LogP contribution in [0.4, 0.5) is 17.2 Å². The van der Waals surface area contributed by atoms with Crippen LogP contribution in [0.5, 0.6) is 0 Å². The second kappa shape index (κ2) is 9.18. The summed E-state index contributed by atoms with van der Waals surface area (Å²) in [5.41, 5.74) is 5.94. The van der Waals surface area contributed by atoms with Crippen molar-refractivity contribution in [1.82, 2.24) is 9.88 Å². The number of aromatic nitrogens is 1. The molecule has 2 aliphatic heterocycles. The molecular weight excluding hydrogens is 426 g/mol. The van der Waals surface area contributed by atoms with Crippen LogP contribution < -0.4 is 15.1 Å². The number of anilines is 3. The Morgan fingerprint density at radius 1 is 1.00 bits per heavy atom. The van der Waals surface area contributed by atoms with Crippen LogP contribution in [0.2, 0.25) is 0 Å². The number of fused-ring (bicyclic) bond motifs is 1. The van der Waals surface area contributed by atoms with E-state index in [1.807, 2.05) is 0 Å². The molecule has 1 atom stereocenters. The lowest BCUT2D eigenvalue weighted by Gasteiger charge is -2.42. The van der Waals surface area contributed by atoms with E-state index in [2.05, 4.69) is 89.3 Å². The Balaban J connectivity index is 1.27. The molecule has 5 nitrogen and oxygen atoms in total. The molecular formula is C27H33N5S. The minimum absolute atomic E-state index is 0.396. The maximum Gasteiger partial charge on any atom is 0.173 e. The number of rotatable bonds is 3. The molecule has 0 saturated carbocycles. The molecule has 2 saturated heterocycles. The molecule has 0 bridgehead atoms. The van der Waals surface area contributed by atoms with Crippen molar-refractivity contribution in [2.75, 3.05) is 47.8 Å². The highest BCUT2D eigenvalue weighted by Crippen LogP contribution is 2.28. The van der Waals surface area contributed by atoms with Gasteiger partial charge in [0.05, 0.1) is 5.52 Å². The number of benzene rings is 2. The van der Waals surface area contributed by atoms with Crippen LogP contribution in [0.15, 0.2) is 48.5 Å². The van der Waals surface area contributed by atoms with Gasteiger partial charge in [0, 0.05) is 55.5 Å². The molecule has 2 aromatic carbocycles. The highest BCUT2D eigenvalue weighted by atomic mass is 32.1. The minimum atomic E-state index is 0.396. The molecule has 3 heterocycles. The summed E-state index contributed by atoms with van der Waals surface area (Å²) in [6, 6.07) is 17.8. The quantitative estimate of drug-likeness (QED) is 0.531. The Morgan fingerprint density at radius 3 is 2.58 bits per heavy atom. The van der Waals surface area contributed by atoms with Gasteiger partial charge in [-0.2, -0.15) is 0 Å². The summed E-state index contributed by atoms with van der Waals surface area (Å²) in [4.78, 5) is 12.1. The van der Waals surface area contributed by atoms with Crippen LogP contribution in [0.3, 0.4) is 0 Å². The van der Waals surface area contributed by atoms with Gasteiger partial charge in [-0.15, -0.1) is 0 Å². The third-order valence-electron chi connectivity index (χ3n) is 6.93. The van der Waals surface area contributed by atoms with Crippen molar-refractivity contribution in [2.45, 2.75) is 39.7 Å². The van der Waals surface area contributed by atoms with Gasteiger partial charge in [0.1, 0.15) is 5.82 Å². The van der Waals surface area contributed by atoms with E-state index in [1.54, 1.807) is 0 Å². The summed E-state index contributed by atoms with van der Waals surface area (Å²) in [6.45, 7) is 11.6. The van der Waals surface area contributed by atoms with Crippen LogP contribution in [0.25, 0.3) is 10.9 Å². The molecule has 2 fully saturated rings. The molecule has 0 aliphatic carbocycles.